The van der Waals surface area contributed by atoms with Crippen molar-refractivity contribution >= 4 is 11.8 Å². The van der Waals surface area contributed by atoms with Crippen molar-refractivity contribution in [3.63, 3.8) is 0 Å². The van der Waals surface area contributed by atoms with Crippen LogP contribution >= 0.6 is 11.8 Å². The lowest BCUT2D eigenvalue weighted by Crippen LogP contribution is -2.22. The van der Waals surface area contributed by atoms with Crippen molar-refractivity contribution in [3.05, 3.63) is 0 Å². The largest absolute Gasteiger partial charge is 0.155 e. The van der Waals surface area contributed by atoms with Gasteiger partial charge in [-0.25, -0.2) is 0 Å². The van der Waals surface area contributed by atoms with E-state index in [0.717, 1.165) is 22.3 Å². The summed E-state index contributed by atoms with van der Waals surface area (Å²) >= 11 is 2.39. The number of unbranched alkanes of at least 4 members (excludes halogenated alkanes) is 2. The molecule has 0 heterocycles. The average molecular weight is 311 g/mol. The van der Waals surface area contributed by atoms with Gasteiger partial charge in [-0.15, -0.1) is 0 Å². The minimum atomic E-state index is 1.01. The topological polar surface area (TPSA) is 0 Å². The van der Waals surface area contributed by atoms with Gasteiger partial charge >= 0.3 is 0 Å². The fourth-order valence-electron chi connectivity index (χ4n) is 4.37. The van der Waals surface area contributed by atoms with E-state index in [4.69, 9.17) is 0 Å². The lowest BCUT2D eigenvalue weighted by molar-refractivity contribution is 0.327. The van der Waals surface area contributed by atoms with E-state index in [1.807, 2.05) is 0 Å². The standard InChI is InChI=1S/C20H38S/c1-3-5-7-17-9-13-19(14-10-17)21-20-15-11-18(12-16-20)8-6-4-2/h17-20H,3-16H2,1-2H3. The molecule has 0 aromatic carbocycles. The molecular weight excluding hydrogens is 272 g/mol. The molecule has 0 radical (unpaired) electrons. The van der Waals surface area contributed by atoms with E-state index in [0.29, 0.717) is 0 Å². The smallest absolute Gasteiger partial charge is 0.00500 e. The SMILES string of the molecule is CCCCC1CCC(SC2CCC(CCCC)CC2)CC1. The maximum Gasteiger partial charge on any atom is 0.00500 e. The Morgan fingerprint density at radius 2 is 1.00 bits per heavy atom. The number of hydrogen-bond acceptors (Lipinski definition) is 1. The van der Waals surface area contributed by atoms with Crippen LogP contribution in [0, 0.1) is 11.8 Å². The molecular formula is C20H38S. The summed E-state index contributed by atoms with van der Waals surface area (Å²) in [5.74, 6) is 2.15. The van der Waals surface area contributed by atoms with Crippen LogP contribution in [0.4, 0.5) is 0 Å². The molecule has 0 nitrogen and oxygen atoms in total. The van der Waals surface area contributed by atoms with Gasteiger partial charge in [-0.2, -0.15) is 11.8 Å². The van der Waals surface area contributed by atoms with Crippen LogP contribution in [0.25, 0.3) is 0 Å². The summed E-state index contributed by atoms with van der Waals surface area (Å²) < 4.78 is 0. The first-order valence-electron chi connectivity index (χ1n) is 9.97. The summed E-state index contributed by atoms with van der Waals surface area (Å²) in [6.07, 6.45) is 20.9. The third kappa shape index (κ3) is 6.55. The van der Waals surface area contributed by atoms with Gasteiger partial charge in [0.2, 0.25) is 0 Å². The lowest BCUT2D eigenvalue weighted by Gasteiger charge is -2.34. The molecule has 0 aromatic heterocycles. The fourth-order valence-corrected chi connectivity index (χ4v) is 6.00. The number of rotatable bonds is 8. The van der Waals surface area contributed by atoms with Crippen LogP contribution in [0.1, 0.15) is 104 Å². The molecule has 0 spiro atoms. The minimum absolute atomic E-state index is 1.01. The van der Waals surface area contributed by atoms with Gasteiger partial charge in [0.25, 0.3) is 0 Å². The molecule has 2 aliphatic carbocycles. The van der Waals surface area contributed by atoms with E-state index in [1.54, 1.807) is 0 Å². The lowest BCUT2D eigenvalue weighted by atomic mass is 9.85. The van der Waals surface area contributed by atoms with Crippen molar-refractivity contribution in [2.45, 2.75) is 114 Å². The second kappa shape index (κ2) is 10.2. The summed E-state index contributed by atoms with van der Waals surface area (Å²) in [4.78, 5) is 0. The Morgan fingerprint density at radius 3 is 1.33 bits per heavy atom. The first-order chi connectivity index (χ1) is 10.3. The zero-order valence-corrected chi connectivity index (χ0v) is 15.4. The van der Waals surface area contributed by atoms with E-state index >= 15 is 0 Å². The Morgan fingerprint density at radius 1 is 0.619 bits per heavy atom. The van der Waals surface area contributed by atoms with Crippen LogP contribution in [0.15, 0.2) is 0 Å². The Balaban J connectivity index is 1.57. The normalized spacial score (nSPS) is 34.0. The van der Waals surface area contributed by atoms with Crippen molar-refractivity contribution in [1.82, 2.24) is 0 Å². The molecule has 1 heteroatoms. The quantitative estimate of drug-likeness (QED) is 0.456. The van der Waals surface area contributed by atoms with Crippen molar-refractivity contribution in [1.29, 1.82) is 0 Å². The Bertz CT molecular complexity index is 221. The molecule has 0 N–H and O–H groups in total. The zero-order valence-electron chi connectivity index (χ0n) is 14.6. The Kier molecular flexibility index (Phi) is 8.59. The van der Waals surface area contributed by atoms with E-state index in [1.165, 1.54) is 89.9 Å². The van der Waals surface area contributed by atoms with Crippen molar-refractivity contribution in [3.8, 4) is 0 Å². The van der Waals surface area contributed by atoms with Crippen LogP contribution in [0.3, 0.4) is 0 Å². The van der Waals surface area contributed by atoms with Crippen LogP contribution in [-0.4, -0.2) is 10.5 Å². The van der Waals surface area contributed by atoms with Gasteiger partial charge in [0, 0.05) is 10.5 Å². The summed E-state index contributed by atoms with van der Waals surface area (Å²) in [7, 11) is 0. The summed E-state index contributed by atoms with van der Waals surface area (Å²) in [5.41, 5.74) is 0. The highest BCUT2D eigenvalue weighted by atomic mass is 32.2. The molecule has 124 valence electrons. The second-order valence-electron chi connectivity index (χ2n) is 7.71. The molecule has 0 bridgehead atoms. The van der Waals surface area contributed by atoms with Crippen molar-refractivity contribution in [2.24, 2.45) is 11.8 Å². The van der Waals surface area contributed by atoms with E-state index in [-0.39, 0.29) is 0 Å². The summed E-state index contributed by atoms with van der Waals surface area (Å²) in [6, 6.07) is 0. The number of hydrogen-bond donors (Lipinski definition) is 0. The predicted octanol–water partition coefficient (Wildman–Crippen LogP) is 7.22. The van der Waals surface area contributed by atoms with Gasteiger partial charge in [-0.3, -0.25) is 0 Å². The second-order valence-corrected chi connectivity index (χ2v) is 9.31. The predicted molar refractivity (Wildman–Crippen MR) is 98.1 cm³/mol. The van der Waals surface area contributed by atoms with Gasteiger partial charge in [-0.1, -0.05) is 52.4 Å². The molecule has 0 saturated heterocycles. The highest BCUT2D eigenvalue weighted by molar-refractivity contribution is 8.00. The average Bonchev–Trinajstić information content (AvgIpc) is 2.53. The monoisotopic (exact) mass is 310 g/mol. The van der Waals surface area contributed by atoms with Gasteiger partial charge in [0.15, 0.2) is 0 Å². The molecule has 21 heavy (non-hydrogen) atoms. The van der Waals surface area contributed by atoms with Crippen LogP contribution in [0.2, 0.25) is 0 Å². The highest BCUT2D eigenvalue weighted by Crippen LogP contribution is 2.41. The molecule has 0 aliphatic heterocycles. The molecule has 2 fully saturated rings. The molecule has 0 aromatic rings. The maximum atomic E-state index is 2.39. The van der Waals surface area contributed by atoms with E-state index < -0.39 is 0 Å². The van der Waals surface area contributed by atoms with Gasteiger partial charge in [0.1, 0.15) is 0 Å². The van der Waals surface area contributed by atoms with E-state index in [2.05, 4.69) is 25.6 Å². The van der Waals surface area contributed by atoms with Gasteiger partial charge < -0.3 is 0 Å². The Labute approximate surface area is 138 Å². The summed E-state index contributed by atoms with van der Waals surface area (Å²) in [5, 5.41) is 2.03. The Hall–Kier alpha value is 0.350. The first kappa shape index (κ1) is 17.7. The van der Waals surface area contributed by atoms with Gasteiger partial charge in [0.05, 0.1) is 0 Å². The van der Waals surface area contributed by atoms with Crippen molar-refractivity contribution in [2.75, 3.05) is 0 Å². The zero-order chi connectivity index (χ0) is 14.9. The fraction of sp³-hybridized carbons (Fsp3) is 1.00. The third-order valence-electron chi connectivity index (χ3n) is 5.90. The van der Waals surface area contributed by atoms with Crippen molar-refractivity contribution < 1.29 is 0 Å². The molecule has 2 aliphatic rings. The van der Waals surface area contributed by atoms with Crippen LogP contribution in [-0.2, 0) is 0 Å². The van der Waals surface area contributed by atoms with Gasteiger partial charge in [-0.05, 0) is 63.2 Å². The van der Waals surface area contributed by atoms with Crippen LogP contribution in [0.5, 0.6) is 0 Å². The molecule has 2 rings (SSSR count). The summed E-state index contributed by atoms with van der Waals surface area (Å²) in [6.45, 7) is 4.66. The maximum absolute atomic E-state index is 2.39. The first-order valence-corrected chi connectivity index (χ1v) is 10.9. The van der Waals surface area contributed by atoms with E-state index in [9.17, 15) is 0 Å². The minimum Gasteiger partial charge on any atom is -0.155 e. The molecule has 2 saturated carbocycles. The highest BCUT2D eigenvalue weighted by Gasteiger charge is 2.26. The molecule has 0 atom stereocenters. The molecule has 0 amide bonds. The number of thioether (sulfide) groups is 1. The molecule has 0 unspecified atom stereocenters. The third-order valence-corrected chi connectivity index (χ3v) is 7.62. The van der Waals surface area contributed by atoms with Crippen LogP contribution < -0.4 is 0 Å².